The molecule has 170 valence electrons. The minimum atomic E-state index is -0.354. The predicted molar refractivity (Wildman–Crippen MR) is 128 cm³/mol. The van der Waals surface area contributed by atoms with Crippen LogP contribution >= 0.6 is 11.3 Å². The van der Waals surface area contributed by atoms with Gasteiger partial charge < -0.3 is 10.1 Å². The van der Waals surface area contributed by atoms with Gasteiger partial charge >= 0.3 is 0 Å². The number of ether oxygens (including phenoxy) is 1. The molecular formula is C25H20N4O4S. The number of carbonyl (C=O) groups is 3. The van der Waals surface area contributed by atoms with Crippen LogP contribution in [0.4, 0.5) is 5.13 Å². The molecule has 0 bridgehead atoms. The molecule has 0 fully saturated rings. The third kappa shape index (κ3) is 4.51. The van der Waals surface area contributed by atoms with E-state index in [0.717, 1.165) is 32.8 Å². The Balaban J connectivity index is 1.09. The van der Waals surface area contributed by atoms with E-state index in [2.05, 4.69) is 15.5 Å². The summed E-state index contributed by atoms with van der Waals surface area (Å²) in [6.45, 7) is 0.423. The maximum Gasteiger partial charge on any atom is 0.261 e. The van der Waals surface area contributed by atoms with E-state index in [4.69, 9.17) is 4.74 Å². The highest BCUT2D eigenvalue weighted by Crippen LogP contribution is 2.26. The molecule has 0 atom stereocenters. The van der Waals surface area contributed by atoms with Crippen molar-refractivity contribution in [2.75, 3.05) is 11.9 Å². The third-order valence-electron chi connectivity index (χ3n) is 5.42. The van der Waals surface area contributed by atoms with Gasteiger partial charge in [0.15, 0.2) is 0 Å². The van der Waals surface area contributed by atoms with Crippen LogP contribution in [-0.2, 0) is 11.3 Å². The summed E-state index contributed by atoms with van der Waals surface area (Å²) in [6, 6.07) is 20.6. The zero-order valence-electron chi connectivity index (χ0n) is 18.1. The molecule has 1 N–H and O–H groups in total. The largest absolute Gasteiger partial charge is 0.494 e. The molecule has 1 aliphatic heterocycles. The first-order valence-corrected chi connectivity index (χ1v) is 11.6. The van der Waals surface area contributed by atoms with Crippen LogP contribution in [-0.4, -0.2) is 39.4 Å². The summed E-state index contributed by atoms with van der Waals surface area (Å²) in [5.41, 5.74) is 0.771. The van der Waals surface area contributed by atoms with Gasteiger partial charge in [-0.2, -0.15) is 0 Å². The van der Waals surface area contributed by atoms with Crippen LogP contribution in [0.15, 0.2) is 66.7 Å². The number of nitrogens with zero attached hydrogens (tertiary/aromatic N) is 3. The van der Waals surface area contributed by atoms with Crippen molar-refractivity contribution in [2.24, 2.45) is 0 Å². The Labute approximate surface area is 199 Å². The van der Waals surface area contributed by atoms with Crippen molar-refractivity contribution < 1.29 is 19.1 Å². The molecule has 3 amide bonds. The number of aromatic nitrogens is 2. The lowest BCUT2D eigenvalue weighted by Crippen LogP contribution is -2.29. The van der Waals surface area contributed by atoms with Crippen LogP contribution in [0.2, 0.25) is 0 Å². The van der Waals surface area contributed by atoms with E-state index in [9.17, 15) is 14.4 Å². The fourth-order valence-corrected chi connectivity index (χ4v) is 4.49. The van der Waals surface area contributed by atoms with Crippen LogP contribution in [0.5, 0.6) is 5.75 Å². The van der Waals surface area contributed by atoms with E-state index in [1.54, 1.807) is 24.3 Å². The molecule has 9 heteroatoms. The predicted octanol–water partition coefficient (Wildman–Crippen LogP) is 4.29. The van der Waals surface area contributed by atoms with Crippen molar-refractivity contribution in [1.82, 2.24) is 15.1 Å². The Hall–Kier alpha value is -4.11. The average Bonchev–Trinajstić information content (AvgIpc) is 3.40. The summed E-state index contributed by atoms with van der Waals surface area (Å²) < 4.78 is 5.77. The Morgan fingerprint density at radius 3 is 2.38 bits per heavy atom. The maximum atomic E-state index is 12.5. The number of hydrogen-bond acceptors (Lipinski definition) is 7. The topological polar surface area (TPSA) is 101 Å². The highest BCUT2D eigenvalue weighted by Gasteiger charge is 2.35. The average molecular weight is 473 g/mol. The van der Waals surface area contributed by atoms with Gasteiger partial charge in [-0.05, 0) is 41.5 Å². The molecule has 2 heterocycles. The van der Waals surface area contributed by atoms with Crippen LogP contribution in [0.1, 0.15) is 38.6 Å². The van der Waals surface area contributed by atoms with Crippen LogP contribution in [0.25, 0.3) is 10.8 Å². The van der Waals surface area contributed by atoms with Crippen molar-refractivity contribution in [3.63, 3.8) is 0 Å². The van der Waals surface area contributed by atoms with Crippen LogP contribution < -0.4 is 10.1 Å². The van der Waals surface area contributed by atoms with E-state index in [-0.39, 0.29) is 30.7 Å². The molecule has 3 aromatic carbocycles. The van der Waals surface area contributed by atoms with Gasteiger partial charge in [-0.1, -0.05) is 53.8 Å². The molecule has 4 aromatic rings. The molecule has 0 saturated heterocycles. The molecule has 0 unspecified atom stereocenters. The second-order valence-corrected chi connectivity index (χ2v) is 8.81. The molecule has 8 nitrogen and oxygen atoms in total. The Morgan fingerprint density at radius 2 is 1.62 bits per heavy atom. The van der Waals surface area contributed by atoms with Gasteiger partial charge in [0.05, 0.1) is 24.3 Å². The summed E-state index contributed by atoms with van der Waals surface area (Å²) in [6.07, 6.45) is 0.806. The summed E-state index contributed by atoms with van der Waals surface area (Å²) in [7, 11) is 0. The molecule has 0 radical (unpaired) electrons. The summed E-state index contributed by atoms with van der Waals surface area (Å²) in [5, 5.41) is 13.7. The fraction of sp³-hybridized carbons (Fsp3) is 0.160. The zero-order chi connectivity index (χ0) is 23.5. The number of benzene rings is 3. The van der Waals surface area contributed by atoms with Gasteiger partial charge in [-0.15, -0.1) is 10.2 Å². The number of anilines is 1. The lowest BCUT2D eigenvalue weighted by molar-refractivity contribution is -0.116. The van der Waals surface area contributed by atoms with Crippen molar-refractivity contribution >= 4 is 45.0 Å². The summed E-state index contributed by atoms with van der Waals surface area (Å²) in [5.74, 6) is -0.146. The first-order valence-electron chi connectivity index (χ1n) is 10.8. The van der Waals surface area contributed by atoms with Gasteiger partial charge in [0.25, 0.3) is 11.8 Å². The highest BCUT2D eigenvalue weighted by atomic mass is 32.1. The quantitative estimate of drug-likeness (QED) is 0.303. The van der Waals surface area contributed by atoms with E-state index in [1.807, 2.05) is 42.5 Å². The van der Waals surface area contributed by atoms with Gasteiger partial charge in [-0.3, -0.25) is 19.3 Å². The Morgan fingerprint density at radius 1 is 0.912 bits per heavy atom. The minimum Gasteiger partial charge on any atom is -0.494 e. The monoisotopic (exact) mass is 472 g/mol. The van der Waals surface area contributed by atoms with Gasteiger partial charge in [0.1, 0.15) is 10.8 Å². The molecule has 1 aromatic heterocycles. The molecule has 0 aliphatic carbocycles. The Kier molecular flexibility index (Phi) is 6.01. The molecule has 0 spiro atoms. The SMILES string of the molecule is O=C(CCCOc1ccc2ccccc2c1)Nc1nnc(CN2C(=O)c3ccccc3C2=O)s1. The normalized spacial score (nSPS) is 12.8. The number of fused-ring (bicyclic) bond motifs is 2. The highest BCUT2D eigenvalue weighted by molar-refractivity contribution is 7.15. The first-order chi connectivity index (χ1) is 16.6. The second kappa shape index (κ2) is 9.40. The van der Waals surface area contributed by atoms with E-state index in [0.29, 0.717) is 34.3 Å². The summed E-state index contributed by atoms with van der Waals surface area (Å²) in [4.78, 5) is 38.4. The van der Waals surface area contributed by atoms with Crippen molar-refractivity contribution in [2.45, 2.75) is 19.4 Å². The van der Waals surface area contributed by atoms with Crippen LogP contribution in [0.3, 0.4) is 0 Å². The summed E-state index contributed by atoms with van der Waals surface area (Å²) >= 11 is 1.14. The standard InChI is InChI=1S/C25H20N4O4S/c30-21(10-5-13-33-18-12-11-16-6-1-2-7-17(16)14-18)26-25-28-27-22(34-25)15-29-23(31)19-8-3-4-9-20(19)24(29)32/h1-4,6-9,11-12,14H,5,10,13,15H2,(H,26,28,30). The van der Waals surface area contributed by atoms with Gasteiger partial charge in [0.2, 0.25) is 11.0 Å². The number of hydrogen-bond donors (Lipinski definition) is 1. The molecule has 0 saturated carbocycles. The van der Waals surface area contributed by atoms with E-state index >= 15 is 0 Å². The number of amides is 3. The number of nitrogens with one attached hydrogen (secondary N) is 1. The molecular weight excluding hydrogens is 452 g/mol. The smallest absolute Gasteiger partial charge is 0.261 e. The first kappa shape index (κ1) is 21.7. The van der Waals surface area contributed by atoms with Crippen molar-refractivity contribution in [3.8, 4) is 5.75 Å². The van der Waals surface area contributed by atoms with Gasteiger partial charge in [0, 0.05) is 6.42 Å². The minimum absolute atomic E-state index is 0.0134. The molecule has 5 rings (SSSR count). The van der Waals surface area contributed by atoms with Crippen molar-refractivity contribution in [1.29, 1.82) is 0 Å². The Bertz CT molecular complexity index is 1370. The number of carbonyl (C=O) groups excluding carboxylic acids is 3. The third-order valence-corrected chi connectivity index (χ3v) is 6.25. The zero-order valence-corrected chi connectivity index (χ0v) is 18.9. The number of imide groups is 1. The van der Waals surface area contributed by atoms with E-state index < -0.39 is 0 Å². The second-order valence-electron chi connectivity index (χ2n) is 7.75. The lowest BCUT2D eigenvalue weighted by atomic mass is 10.1. The van der Waals surface area contributed by atoms with Gasteiger partial charge in [-0.25, -0.2) is 0 Å². The van der Waals surface area contributed by atoms with Crippen molar-refractivity contribution in [3.05, 3.63) is 82.9 Å². The van der Waals surface area contributed by atoms with Crippen LogP contribution in [0, 0.1) is 0 Å². The lowest BCUT2D eigenvalue weighted by Gasteiger charge is -2.10. The maximum absolute atomic E-state index is 12.5. The number of rotatable bonds is 8. The molecule has 34 heavy (non-hydrogen) atoms. The fourth-order valence-electron chi connectivity index (χ4n) is 3.75. The molecule has 1 aliphatic rings. The van der Waals surface area contributed by atoms with E-state index in [1.165, 1.54) is 0 Å².